The zero-order valence-corrected chi connectivity index (χ0v) is 20.1. The first-order valence-corrected chi connectivity index (χ1v) is 12.3. The molecule has 0 atom stereocenters. The van der Waals surface area contributed by atoms with Gasteiger partial charge in [-0.2, -0.15) is 0 Å². The lowest BCUT2D eigenvalue weighted by molar-refractivity contribution is 0.101. The van der Waals surface area contributed by atoms with Gasteiger partial charge in [-0.15, -0.1) is 11.3 Å². The van der Waals surface area contributed by atoms with Crippen LogP contribution in [0.2, 0.25) is 5.02 Å². The molecule has 0 saturated carbocycles. The van der Waals surface area contributed by atoms with Crippen molar-refractivity contribution in [1.82, 2.24) is 14.1 Å². The second-order valence-electron chi connectivity index (χ2n) is 7.22. The van der Waals surface area contributed by atoms with Crippen LogP contribution in [0.4, 0.5) is 0 Å². The van der Waals surface area contributed by atoms with Crippen molar-refractivity contribution in [3.05, 3.63) is 69.0 Å². The summed E-state index contributed by atoms with van der Waals surface area (Å²) in [5, 5.41) is 3.60. The number of fused-ring (bicyclic) bond motifs is 1. The number of ether oxygens (including phenoxy) is 1. The molecule has 32 heavy (non-hydrogen) atoms. The second-order valence-corrected chi connectivity index (χ2v) is 9.43. The average Bonchev–Trinajstić information content (AvgIpc) is 3.40. The second kappa shape index (κ2) is 10.0. The molecule has 0 radical (unpaired) electrons. The van der Waals surface area contributed by atoms with Crippen LogP contribution in [0.1, 0.15) is 16.9 Å². The van der Waals surface area contributed by atoms with Crippen molar-refractivity contribution >= 4 is 50.7 Å². The van der Waals surface area contributed by atoms with E-state index in [1.165, 1.54) is 23.1 Å². The van der Waals surface area contributed by atoms with Crippen molar-refractivity contribution in [3.63, 3.8) is 0 Å². The van der Waals surface area contributed by atoms with Gasteiger partial charge in [0.2, 0.25) is 0 Å². The lowest BCUT2D eigenvalue weighted by Gasteiger charge is -2.12. The van der Waals surface area contributed by atoms with Gasteiger partial charge in [-0.05, 0) is 24.6 Å². The third kappa shape index (κ3) is 4.54. The summed E-state index contributed by atoms with van der Waals surface area (Å²) < 4.78 is 8.61. The van der Waals surface area contributed by atoms with Gasteiger partial charge in [-0.1, -0.05) is 41.6 Å². The van der Waals surface area contributed by atoms with Gasteiger partial charge in [0, 0.05) is 55.0 Å². The van der Waals surface area contributed by atoms with E-state index in [1.807, 2.05) is 49.0 Å². The first-order valence-electron chi connectivity index (χ1n) is 10.0. The molecular formula is C23H22ClN3O3S2. The quantitative estimate of drug-likeness (QED) is 0.142. The number of aromatic nitrogens is 3. The molecule has 3 aromatic heterocycles. The molecule has 0 unspecified atom stereocenters. The van der Waals surface area contributed by atoms with E-state index in [9.17, 15) is 9.59 Å². The Balaban J connectivity index is 1.74. The van der Waals surface area contributed by atoms with E-state index >= 15 is 0 Å². The van der Waals surface area contributed by atoms with E-state index in [2.05, 4.69) is 0 Å². The number of thioether (sulfide) groups is 1. The van der Waals surface area contributed by atoms with Gasteiger partial charge in [0.15, 0.2) is 10.9 Å². The van der Waals surface area contributed by atoms with Gasteiger partial charge in [0.1, 0.15) is 4.83 Å². The number of carbonyl (C=O) groups is 1. The van der Waals surface area contributed by atoms with E-state index in [-0.39, 0.29) is 17.1 Å². The lowest BCUT2D eigenvalue weighted by atomic mass is 10.1. The van der Waals surface area contributed by atoms with Crippen LogP contribution in [0.5, 0.6) is 0 Å². The third-order valence-corrected chi connectivity index (χ3v) is 7.29. The summed E-state index contributed by atoms with van der Waals surface area (Å²) in [4.78, 5) is 31.6. The Morgan fingerprint density at radius 3 is 2.75 bits per heavy atom. The number of hydrogen-bond acceptors (Lipinski definition) is 6. The van der Waals surface area contributed by atoms with Crippen molar-refractivity contribution in [3.8, 4) is 11.1 Å². The number of benzene rings is 1. The SMILES string of the molecule is COCCCn1c(SCC(=O)c2cccn2C)nc2scc(-c3ccccc3Cl)c2c1=O. The van der Waals surface area contributed by atoms with Crippen LogP contribution in [0.15, 0.2) is 57.9 Å². The maximum atomic E-state index is 13.6. The third-order valence-electron chi connectivity index (χ3n) is 5.11. The molecule has 0 aliphatic heterocycles. The molecule has 0 bridgehead atoms. The highest BCUT2D eigenvalue weighted by molar-refractivity contribution is 7.99. The first kappa shape index (κ1) is 22.8. The zero-order valence-electron chi connectivity index (χ0n) is 17.7. The summed E-state index contributed by atoms with van der Waals surface area (Å²) in [5.74, 6) is 0.186. The van der Waals surface area contributed by atoms with Crippen LogP contribution in [-0.2, 0) is 18.3 Å². The highest BCUT2D eigenvalue weighted by Crippen LogP contribution is 2.35. The van der Waals surface area contributed by atoms with E-state index in [0.29, 0.717) is 45.7 Å². The highest BCUT2D eigenvalue weighted by atomic mass is 35.5. The molecule has 6 nitrogen and oxygen atoms in total. The largest absolute Gasteiger partial charge is 0.385 e. The number of thiophene rings is 1. The normalized spacial score (nSPS) is 11.3. The van der Waals surface area contributed by atoms with Crippen molar-refractivity contribution in [1.29, 1.82) is 0 Å². The summed E-state index contributed by atoms with van der Waals surface area (Å²) in [6.45, 7) is 0.978. The van der Waals surface area contributed by atoms with Gasteiger partial charge >= 0.3 is 0 Å². The van der Waals surface area contributed by atoms with Gasteiger partial charge in [-0.3, -0.25) is 14.2 Å². The predicted molar refractivity (Wildman–Crippen MR) is 131 cm³/mol. The number of Topliss-reactive ketones (excluding diaryl/α,β-unsaturated/α-hetero) is 1. The molecule has 4 aromatic rings. The molecule has 9 heteroatoms. The van der Waals surface area contributed by atoms with Crippen LogP contribution in [0.3, 0.4) is 0 Å². The minimum Gasteiger partial charge on any atom is -0.385 e. The smallest absolute Gasteiger partial charge is 0.263 e. The van der Waals surface area contributed by atoms with Gasteiger partial charge in [-0.25, -0.2) is 4.98 Å². The number of aryl methyl sites for hydroxylation is 1. The highest BCUT2D eigenvalue weighted by Gasteiger charge is 2.20. The molecular weight excluding hydrogens is 466 g/mol. The van der Waals surface area contributed by atoms with Crippen LogP contribution >= 0.6 is 34.7 Å². The van der Waals surface area contributed by atoms with Crippen molar-refractivity contribution in [2.45, 2.75) is 18.1 Å². The van der Waals surface area contributed by atoms with Crippen LogP contribution in [0.25, 0.3) is 21.3 Å². The molecule has 3 heterocycles. The Hall–Kier alpha value is -2.39. The molecule has 0 fully saturated rings. The van der Waals surface area contributed by atoms with E-state index < -0.39 is 0 Å². The molecule has 0 spiro atoms. The first-order chi connectivity index (χ1) is 15.5. The number of ketones is 1. The van der Waals surface area contributed by atoms with Crippen molar-refractivity contribution in [2.75, 3.05) is 19.5 Å². The molecule has 166 valence electrons. The number of rotatable bonds is 9. The number of methoxy groups -OCH3 is 1. The zero-order chi connectivity index (χ0) is 22.7. The fourth-order valence-electron chi connectivity index (χ4n) is 3.51. The number of carbonyl (C=O) groups excluding carboxylic acids is 1. The number of hydrogen-bond donors (Lipinski definition) is 0. The number of halogens is 1. The molecule has 0 aliphatic rings. The molecule has 1 aromatic carbocycles. The Bertz CT molecular complexity index is 1330. The topological polar surface area (TPSA) is 66.1 Å². The van der Waals surface area contributed by atoms with E-state index in [0.717, 1.165) is 11.1 Å². The molecule has 4 rings (SSSR count). The summed E-state index contributed by atoms with van der Waals surface area (Å²) >= 11 is 9.10. The Morgan fingerprint density at radius 2 is 2.03 bits per heavy atom. The lowest BCUT2D eigenvalue weighted by Crippen LogP contribution is -2.24. The fraction of sp³-hybridized carbons (Fsp3) is 0.261. The van der Waals surface area contributed by atoms with Crippen molar-refractivity contribution < 1.29 is 9.53 Å². The van der Waals surface area contributed by atoms with Crippen LogP contribution in [0, 0.1) is 0 Å². The molecule has 0 aliphatic carbocycles. The van der Waals surface area contributed by atoms with E-state index in [4.69, 9.17) is 21.3 Å². The van der Waals surface area contributed by atoms with Gasteiger partial charge < -0.3 is 9.30 Å². The fourth-order valence-corrected chi connectivity index (χ4v) is 5.63. The predicted octanol–water partition coefficient (Wildman–Crippen LogP) is 5.13. The van der Waals surface area contributed by atoms with E-state index in [1.54, 1.807) is 22.3 Å². The van der Waals surface area contributed by atoms with Gasteiger partial charge in [0.05, 0.1) is 16.8 Å². The maximum Gasteiger partial charge on any atom is 0.263 e. The molecule has 0 saturated heterocycles. The minimum atomic E-state index is -0.129. The average molecular weight is 488 g/mol. The van der Waals surface area contributed by atoms with Gasteiger partial charge in [0.25, 0.3) is 5.56 Å². The summed E-state index contributed by atoms with van der Waals surface area (Å²) in [7, 11) is 3.47. The number of nitrogens with zero attached hydrogens (tertiary/aromatic N) is 3. The molecule has 0 amide bonds. The monoisotopic (exact) mass is 487 g/mol. The summed E-state index contributed by atoms with van der Waals surface area (Å²) in [6, 6.07) is 11.1. The summed E-state index contributed by atoms with van der Waals surface area (Å²) in [5.41, 5.74) is 2.09. The Morgan fingerprint density at radius 1 is 1.22 bits per heavy atom. The minimum absolute atomic E-state index is 0.0109. The Kier molecular flexibility index (Phi) is 7.15. The van der Waals surface area contributed by atoms with Crippen molar-refractivity contribution in [2.24, 2.45) is 7.05 Å². The molecule has 0 N–H and O–H groups in total. The van der Waals surface area contributed by atoms with Crippen LogP contribution < -0.4 is 5.56 Å². The maximum absolute atomic E-state index is 13.6. The standard InChI is InChI=1S/C23H22ClN3O3S2/c1-26-10-5-9-18(26)19(28)14-32-23-25-21-20(22(29)27(23)11-6-12-30-2)16(13-31-21)15-7-3-4-8-17(15)24/h3-5,7-10,13H,6,11-12,14H2,1-2H3. The van der Waals surface area contributed by atoms with Crippen LogP contribution in [-0.4, -0.2) is 39.4 Å². The Labute approximate surface area is 198 Å². The summed E-state index contributed by atoms with van der Waals surface area (Å²) in [6.07, 6.45) is 2.50.